The highest BCUT2D eigenvalue weighted by molar-refractivity contribution is 5.66. The van der Waals surface area contributed by atoms with Crippen molar-refractivity contribution in [2.45, 2.75) is 31.2 Å². The smallest absolute Gasteiger partial charge is 0.148 e. The van der Waals surface area contributed by atoms with E-state index in [0.29, 0.717) is 5.69 Å². The van der Waals surface area contributed by atoms with Crippen molar-refractivity contribution in [2.75, 3.05) is 31.7 Å². The van der Waals surface area contributed by atoms with Gasteiger partial charge < -0.3 is 16.0 Å². The summed E-state index contributed by atoms with van der Waals surface area (Å²) in [5, 5.41) is 3.31. The third kappa shape index (κ3) is 2.43. The van der Waals surface area contributed by atoms with Gasteiger partial charge in [-0.25, -0.2) is 4.39 Å². The Morgan fingerprint density at radius 2 is 2.00 bits per heavy atom. The van der Waals surface area contributed by atoms with Crippen LogP contribution in [0.4, 0.5) is 15.8 Å². The number of benzene rings is 1. The highest BCUT2D eigenvalue weighted by Gasteiger charge is 2.35. The Balaban J connectivity index is 2.08. The molecule has 0 unspecified atom stereocenters. The Hall–Kier alpha value is -1.29. The highest BCUT2D eigenvalue weighted by atomic mass is 19.1. The molecule has 0 saturated heterocycles. The van der Waals surface area contributed by atoms with E-state index in [2.05, 4.69) is 24.3 Å². The van der Waals surface area contributed by atoms with Crippen LogP contribution in [0.1, 0.15) is 25.7 Å². The minimum Gasteiger partial charge on any atom is -0.395 e. The van der Waals surface area contributed by atoms with Gasteiger partial charge in [0.2, 0.25) is 0 Å². The normalized spacial score (nSPS) is 18.2. The van der Waals surface area contributed by atoms with Gasteiger partial charge >= 0.3 is 0 Å². The number of para-hydroxylation sites is 1. The van der Waals surface area contributed by atoms with Crippen LogP contribution in [-0.4, -0.2) is 31.1 Å². The van der Waals surface area contributed by atoms with E-state index in [0.717, 1.165) is 6.54 Å². The second-order valence-corrected chi connectivity index (χ2v) is 5.38. The van der Waals surface area contributed by atoms with Gasteiger partial charge in [0.05, 0.1) is 11.4 Å². The molecule has 100 valence electrons. The van der Waals surface area contributed by atoms with Gasteiger partial charge in [-0.3, -0.25) is 0 Å². The molecule has 3 nitrogen and oxygen atoms in total. The molecule has 1 aliphatic carbocycles. The summed E-state index contributed by atoms with van der Waals surface area (Å²) in [7, 11) is 4.23. The Morgan fingerprint density at radius 3 is 2.61 bits per heavy atom. The topological polar surface area (TPSA) is 41.3 Å². The Morgan fingerprint density at radius 1 is 1.33 bits per heavy atom. The van der Waals surface area contributed by atoms with Crippen molar-refractivity contribution in [1.29, 1.82) is 0 Å². The molecule has 0 radical (unpaired) electrons. The second-order valence-electron chi connectivity index (χ2n) is 5.38. The predicted octanol–water partition coefficient (Wildman–Crippen LogP) is 2.69. The third-order valence-electron chi connectivity index (χ3n) is 4.14. The number of nitrogens with one attached hydrogen (secondary N) is 1. The maximum atomic E-state index is 13.4. The van der Waals surface area contributed by atoms with Crippen molar-refractivity contribution in [2.24, 2.45) is 0 Å². The average molecular weight is 251 g/mol. The zero-order valence-corrected chi connectivity index (χ0v) is 11.2. The fourth-order valence-corrected chi connectivity index (χ4v) is 2.77. The summed E-state index contributed by atoms with van der Waals surface area (Å²) >= 11 is 0. The quantitative estimate of drug-likeness (QED) is 0.808. The number of hydrogen-bond donors (Lipinski definition) is 2. The monoisotopic (exact) mass is 251 g/mol. The van der Waals surface area contributed by atoms with E-state index in [4.69, 9.17) is 5.73 Å². The van der Waals surface area contributed by atoms with Crippen molar-refractivity contribution in [3.63, 3.8) is 0 Å². The SMILES string of the molecule is CN(C)C1(CNc2cccc(F)c2N)CCCC1. The van der Waals surface area contributed by atoms with Crippen LogP contribution in [0.3, 0.4) is 0 Å². The van der Waals surface area contributed by atoms with Crippen LogP contribution in [-0.2, 0) is 0 Å². The van der Waals surface area contributed by atoms with E-state index < -0.39 is 0 Å². The lowest BCUT2D eigenvalue weighted by molar-refractivity contribution is 0.172. The van der Waals surface area contributed by atoms with E-state index >= 15 is 0 Å². The lowest BCUT2D eigenvalue weighted by atomic mass is 9.96. The fraction of sp³-hybridized carbons (Fsp3) is 0.571. The standard InChI is InChI=1S/C14H22FN3/c1-18(2)14(8-3-4-9-14)10-17-12-7-5-6-11(15)13(12)16/h5-7,17H,3-4,8-10,16H2,1-2H3. The van der Waals surface area contributed by atoms with E-state index in [1.807, 2.05) is 6.07 Å². The number of anilines is 2. The van der Waals surface area contributed by atoms with Crippen molar-refractivity contribution < 1.29 is 4.39 Å². The summed E-state index contributed by atoms with van der Waals surface area (Å²) in [4.78, 5) is 2.28. The molecule has 0 aliphatic heterocycles. The summed E-state index contributed by atoms with van der Waals surface area (Å²) in [6.45, 7) is 0.813. The van der Waals surface area contributed by atoms with Crippen molar-refractivity contribution in [3.8, 4) is 0 Å². The van der Waals surface area contributed by atoms with Crippen LogP contribution in [0.15, 0.2) is 18.2 Å². The van der Waals surface area contributed by atoms with Crippen LogP contribution in [0.25, 0.3) is 0 Å². The van der Waals surface area contributed by atoms with E-state index in [9.17, 15) is 4.39 Å². The molecule has 0 bridgehead atoms. The van der Waals surface area contributed by atoms with Crippen LogP contribution in [0.5, 0.6) is 0 Å². The number of nitrogens with two attached hydrogens (primary N) is 1. The molecule has 0 aromatic heterocycles. The van der Waals surface area contributed by atoms with Crippen LogP contribution in [0, 0.1) is 5.82 Å². The first-order valence-corrected chi connectivity index (χ1v) is 6.50. The van der Waals surface area contributed by atoms with Gasteiger partial charge in [-0.05, 0) is 39.1 Å². The average Bonchev–Trinajstić information content (AvgIpc) is 2.81. The van der Waals surface area contributed by atoms with Crippen molar-refractivity contribution >= 4 is 11.4 Å². The van der Waals surface area contributed by atoms with Gasteiger partial charge in [-0.2, -0.15) is 0 Å². The molecule has 4 heteroatoms. The summed E-state index contributed by atoms with van der Waals surface area (Å²) in [6, 6.07) is 4.90. The van der Waals surface area contributed by atoms with E-state index in [1.165, 1.54) is 31.7 Å². The predicted molar refractivity (Wildman–Crippen MR) is 74.2 cm³/mol. The van der Waals surface area contributed by atoms with E-state index in [1.54, 1.807) is 6.07 Å². The van der Waals surface area contributed by atoms with E-state index in [-0.39, 0.29) is 17.0 Å². The van der Waals surface area contributed by atoms with Gasteiger partial charge in [-0.15, -0.1) is 0 Å². The first kappa shape index (κ1) is 13.1. The zero-order chi connectivity index (χ0) is 13.2. The lowest BCUT2D eigenvalue weighted by Crippen LogP contribution is -2.47. The molecule has 1 saturated carbocycles. The molecular formula is C14H22FN3. The molecular weight excluding hydrogens is 229 g/mol. The van der Waals surface area contributed by atoms with Crippen LogP contribution >= 0.6 is 0 Å². The number of hydrogen-bond acceptors (Lipinski definition) is 3. The number of halogens is 1. The molecule has 0 spiro atoms. The van der Waals surface area contributed by atoms with Gasteiger partial charge in [0.25, 0.3) is 0 Å². The number of likely N-dealkylation sites (N-methyl/N-ethyl adjacent to an activating group) is 1. The van der Waals surface area contributed by atoms with Gasteiger partial charge in [0.15, 0.2) is 0 Å². The largest absolute Gasteiger partial charge is 0.395 e. The summed E-state index contributed by atoms with van der Waals surface area (Å²) in [5.74, 6) is -0.356. The first-order valence-electron chi connectivity index (χ1n) is 6.50. The molecule has 1 aromatic carbocycles. The Kier molecular flexibility index (Phi) is 3.76. The van der Waals surface area contributed by atoms with Gasteiger partial charge in [0, 0.05) is 12.1 Å². The molecule has 1 aliphatic rings. The number of nitrogens with zero attached hydrogens (tertiary/aromatic N) is 1. The minimum atomic E-state index is -0.356. The lowest BCUT2D eigenvalue weighted by Gasteiger charge is -2.37. The Bertz CT molecular complexity index is 412. The molecule has 0 heterocycles. The van der Waals surface area contributed by atoms with Crippen LogP contribution in [0.2, 0.25) is 0 Å². The summed E-state index contributed by atoms with van der Waals surface area (Å²) in [6.07, 6.45) is 4.89. The third-order valence-corrected chi connectivity index (χ3v) is 4.14. The zero-order valence-electron chi connectivity index (χ0n) is 11.2. The Labute approximate surface area is 108 Å². The molecule has 0 atom stereocenters. The maximum absolute atomic E-state index is 13.4. The second kappa shape index (κ2) is 5.14. The van der Waals surface area contributed by atoms with Gasteiger partial charge in [-0.1, -0.05) is 18.9 Å². The number of nitrogen functional groups attached to an aromatic ring is 1. The highest BCUT2D eigenvalue weighted by Crippen LogP contribution is 2.34. The van der Waals surface area contributed by atoms with Crippen molar-refractivity contribution in [3.05, 3.63) is 24.0 Å². The number of rotatable bonds is 4. The molecule has 18 heavy (non-hydrogen) atoms. The van der Waals surface area contributed by atoms with Crippen molar-refractivity contribution in [1.82, 2.24) is 4.90 Å². The first-order chi connectivity index (χ1) is 8.55. The van der Waals surface area contributed by atoms with Gasteiger partial charge in [0.1, 0.15) is 5.82 Å². The molecule has 3 N–H and O–H groups in total. The molecule has 0 amide bonds. The minimum absolute atomic E-state index is 0.179. The molecule has 1 fully saturated rings. The summed E-state index contributed by atoms with van der Waals surface area (Å²) in [5.41, 5.74) is 6.82. The fourth-order valence-electron chi connectivity index (χ4n) is 2.77. The van der Waals surface area contributed by atoms with Crippen LogP contribution < -0.4 is 11.1 Å². The molecule has 2 rings (SSSR count). The summed E-state index contributed by atoms with van der Waals surface area (Å²) < 4.78 is 13.4. The maximum Gasteiger partial charge on any atom is 0.148 e. The molecule has 1 aromatic rings.